The molecule has 0 N–H and O–H groups in total. The van der Waals surface area contributed by atoms with Gasteiger partial charge in [0.1, 0.15) is 0 Å². The van der Waals surface area contributed by atoms with Gasteiger partial charge in [0.25, 0.3) is 0 Å². The monoisotopic (exact) mass is 202 g/mol. The van der Waals surface area contributed by atoms with Crippen molar-refractivity contribution >= 4 is 6.08 Å². The highest BCUT2D eigenvalue weighted by Gasteiger charge is 1.78. The maximum atomic E-state index is 11.5. The molecular weight excluding hydrogens is 191 g/mol. The normalized spacial score (nSPS) is 7.15. The Balaban J connectivity index is -0.000000101. The highest BCUT2D eigenvalue weighted by Crippen LogP contribution is 1.99. The molecule has 0 aliphatic rings. The van der Waals surface area contributed by atoms with Gasteiger partial charge in [-0.25, -0.2) is 4.39 Å². The van der Waals surface area contributed by atoms with Crippen LogP contribution in [0, 0.1) is 0 Å². The van der Waals surface area contributed by atoms with Crippen LogP contribution in [0.4, 0.5) is 23.2 Å². The van der Waals surface area contributed by atoms with Gasteiger partial charge < -0.3 is 0 Å². The summed E-state index contributed by atoms with van der Waals surface area (Å²) in [5, 5.41) is 0. The Kier molecular flexibility index (Phi) is 22.9. The molecule has 0 amide bonds. The molecule has 13 heavy (non-hydrogen) atoms. The summed E-state index contributed by atoms with van der Waals surface area (Å²) in [6.45, 7) is 0. The molecule has 0 heterocycles. The van der Waals surface area contributed by atoms with Crippen molar-refractivity contribution < 1.29 is 23.2 Å². The van der Waals surface area contributed by atoms with Gasteiger partial charge in [0, 0.05) is 0 Å². The molecule has 0 atom stereocenters. The van der Waals surface area contributed by atoms with E-state index < -0.39 is 0 Å². The van der Waals surface area contributed by atoms with Crippen molar-refractivity contribution in [3.63, 3.8) is 0 Å². The Labute approximate surface area is 72.6 Å². The van der Waals surface area contributed by atoms with E-state index in [9.17, 15) is 4.39 Å². The summed E-state index contributed by atoms with van der Waals surface area (Å²) in [7, 11) is 0. The maximum Gasteiger partial charge on any atom is 0.0872 e. The van der Waals surface area contributed by atoms with Crippen LogP contribution >= 0.6 is 0 Å². The van der Waals surface area contributed by atoms with E-state index in [1.165, 1.54) is 6.08 Å². The van der Waals surface area contributed by atoms with Crippen LogP contribution in [0.2, 0.25) is 0 Å². The van der Waals surface area contributed by atoms with Crippen LogP contribution in [-0.2, 0) is 0 Å². The minimum absolute atomic E-state index is 0. The minimum Gasteiger partial charge on any atom is -0.269 e. The van der Waals surface area contributed by atoms with Gasteiger partial charge in [0.05, 0.1) is 6.33 Å². The quantitative estimate of drug-likeness (QED) is 0.613. The fraction of sp³-hybridized carbons (Fsp3) is 0. The Hall–Kier alpha value is -1.39. The standard InChI is InChI=1S/C8H7F.4FH/c9-7-6-8-4-2-1-3-5-8;;;;/h1-7H;4*1H. The second-order valence-corrected chi connectivity index (χ2v) is 1.70. The molecule has 0 aliphatic heterocycles. The summed E-state index contributed by atoms with van der Waals surface area (Å²) in [6.07, 6.45) is 1.95. The van der Waals surface area contributed by atoms with Crippen molar-refractivity contribution in [2.24, 2.45) is 0 Å². The molecular formula is C8H11F5. The largest absolute Gasteiger partial charge is 0.269 e. The minimum atomic E-state index is 0. The van der Waals surface area contributed by atoms with Gasteiger partial charge in [0.2, 0.25) is 0 Å². The van der Waals surface area contributed by atoms with Crippen molar-refractivity contribution in [2.75, 3.05) is 0 Å². The highest BCUT2D eigenvalue weighted by atomic mass is 19.1. The van der Waals surface area contributed by atoms with Gasteiger partial charge >= 0.3 is 0 Å². The summed E-state index contributed by atoms with van der Waals surface area (Å²) < 4.78 is 11.5. The molecule has 1 aromatic rings. The first-order chi connectivity index (χ1) is 4.43. The molecule has 0 bridgehead atoms. The van der Waals surface area contributed by atoms with E-state index in [0.29, 0.717) is 6.33 Å². The summed E-state index contributed by atoms with van der Waals surface area (Å²) >= 11 is 0. The van der Waals surface area contributed by atoms with Crippen molar-refractivity contribution in [1.82, 2.24) is 0 Å². The first-order valence-corrected chi connectivity index (χ1v) is 2.75. The van der Waals surface area contributed by atoms with E-state index >= 15 is 0 Å². The van der Waals surface area contributed by atoms with Gasteiger partial charge in [0.15, 0.2) is 0 Å². The van der Waals surface area contributed by atoms with Crippen LogP contribution in [0.5, 0.6) is 0 Å². The molecule has 0 saturated heterocycles. The van der Waals surface area contributed by atoms with Crippen LogP contribution < -0.4 is 0 Å². The summed E-state index contributed by atoms with van der Waals surface area (Å²) in [6, 6.07) is 9.33. The van der Waals surface area contributed by atoms with Crippen molar-refractivity contribution in [3.05, 3.63) is 42.2 Å². The number of rotatable bonds is 1. The summed E-state index contributed by atoms with van der Waals surface area (Å²) in [5.74, 6) is 0. The molecule has 0 aliphatic carbocycles. The van der Waals surface area contributed by atoms with E-state index in [1.54, 1.807) is 0 Å². The van der Waals surface area contributed by atoms with E-state index in [0.717, 1.165) is 5.56 Å². The SMILES string of the molecule is F.F.F.F.FC=Cc1ccccc1. The number of hydrogen-bond acceptors (Lipinski definition) is 0. The van der Waals surface area contributed by atoms with Crippen molar-refractivity contribution in [3.8, 4) is 0 Å². The lowest BCUT2D eigenvalue weighted by molar-refractivity contribution is 0.727. The molecule has 0 saturated carbocycles. The zero-order valence-electron chi connectivity index (χ0n) is 6.55. The Morgan fingerprint density at radius 3 is 1.69 bits per heavy atom. The average molecular weight is 202 g/mol. The van der Waals surface area contributed by atoms with Crippen LogP contribution in [0.15, 0.2) is 36.7 Å². The van der Waals surface area contributed by atoms with E-state index in [4.69, 9.17) is 0 Å². The van der Waals surface area contributed by atoms with E-state index in [2.05, 4.69) is 0 Å². The molecule has 78 valence electrons. The summed E-state index contributed by atoms with van der Waals surface area (Å²) in [5.41, 5.74) is 0.889. The first-order valence-electron chi connectivity index (χ1n) is 2.75. The number of halogens is 5. The summed E-state index contributed by atoms with van der Waals surface area (Å²) in [4.78, 5) is 0. The molecule has 0 radical (unpaired) electrons. The van der Waals surface area contributed by atoms with Gasteiger partial charge in [-0.2, -0.15) is 0 Å². The third kappa shape index (κ3) is 8.52. The molecule has 0 unspecified atom stereocenters. The zero-order valence-corrected chi connectivity index (χ0v) is 6.55. The first kappa shape index (κ1) is 22.6. The number of hydrogen-bond donors (Lipinski definition) is 0. The lowest BCUT2D eigenvalue weighted by Gasteiger charge is -1.85. The molecule has 0 spiro atoms. The average Bonchev–Trinajstić information content (AvgIpc) is 1.91. The molecule has 0 aromatic heterocycles. The predicted octanol–water partition coefficient (Wildman–Crippen LogP) is 3.24. The van der Waals surface area contributed by atoms with Gasteiger partial charge in [-0.3, -0.25) is 18.8 Å². The van der Waals surface area contributed by atoms with Gasteiger partial charge in [-0.15, -0.1) is 0 Å². The Bertz CT molecular complexity index is 197. The Morgan fingerprint density at radius 2 is 1.31 bits per heavy atom. The van der Waals surface area contributed by atoms with Gasteiger partial charge in [-0.1, -0.05) is 30.3 Å². The lowest BCUT2D eigenvalue weighted by atomic mass is 10.2. The van der Waals surface area contributed by atoms with Crippen LogP contribution in [-0.4, -0.2) is 0 Å². The predicted molar refractivity (Wildman–Crippen MR) is 46.6 cm³/mol. The third-order valence-corrected chi connectivity index (χ3v) is 1.06. The second-order valence-electron chi connectivity index (χ2n) is 1.70. The van der Waals surface area contributed by atoms with E-state index in [1.807, 2.05) is 30.3 Å². The third-order valence-electron chi connectivity index (χ3n) is 1.06. The van der Waals surface area contributed by atoms with Crippen LogP contribution in [0.3, 0.4) is 0 Å². The molecule has 5 heteroatoms. The smallest absolute Gasteiger partial charge is 0.0872 e. The second kappa shape index (κ2) is 13.2. The van der Waals surface area contributed by atoms with Crippen molar-refractivity contribution in [1.29, 1.82) is 0 Å². The van der Waals surface area contributed by atoms with E-state index in [-0.39, 0.29) is 18.8 Å². The fourth-order valence-electron chi connectivity index (χ4n) is 0.637. The molecule has 1 rings (SSSR count). The fourth-order valence-corrected chi connectivity index (χ4v) is 0.637. The molecule has 0 nitrogen and oxygen atoms in total. The number of benzene rings is 1. The lowest BCUT2D eigenvalue weighted by Crippen LogP contribution is -1.65. The molecule has 1 aromatic carbocycles. The van der Waals surface area contributed by atoms with Crippen LogP contribution in [0.25, 0.3) is 6.08 Å². The highest BCUT2D eigenvalue weighted by molar-refractivity contribution is 5.47. The van der Waals surface area contributed by atoms with Crippen LogP contribution in [0.1, 0.15) is 5.56 Å². The zero-order chi connectivity index (χ0) is 6.53. The topological polar surface area (TPSA) is 0 Å². The van der Waals surface area contributed by atoms with Gasteiger partial charge in [-0.05, 0) is 11.6 Å². The maximum absolute atomic E-state index is 11.5. The Morgan fingerprint density at radius 1 is 0.846 bits per heavy atom. The molecule has 0 fully saturated rings. The van der Waals surface area contributed by atoms with Crippen molar-refractivity contribution in [2.45, 2.75) is 0 Å².